The summed E-state index contributed by atoms with van der Waals surface area (Å²) in [5.74, 6) is 0.309. The summed E-state index contributed by atoms with van der Waals surface area (Å²) in [4.78, 5) is 0.540. The van der Waals surface area contributed by atoms with Gasteiger partial charge in [-0.05, 0) is 19.1 Å². The van der Waals surface area contributed by atoms with Crippen molar-refractivity contribution in [2.45, 2.75) is 11.8 Å². The van der Waals surface area contributed by atoms with Gasteiger partial charge in [0.2, 0.25) is 10.0 Å². The number of hydrogen-bond donors (Lipinski definition) is 1. The van der Waals surface area contributed by atoms with Crippen LogP contribution in [0.2, 0.25) is 0 Å². The number of thioether (sulfide) groups is 1. The Kier molecular flexibility index (Phi) is 5.24. The van der Waals surface area contributed by atoms with Gasteiger partial charge < -0.3 is 0 Å². The second-order valence-electron chi connectivity index (χ2n) is 3.08. The van der Waals surface area contributed by atoms with Crippen LogP contribution < -0.4 is 4.72 Å². The predicted octanol–water partition coefficient (Wildman–Crippen LogP) is 1.86. The van der Waals surface area contributed by atoms with Crippen molar-refractivity contribution in [1.29, 1.82) is 0 Å². The molecule has 3 nitrogen and oxygen atoms in total. The summed E-state index contributed by atoms with van der Waals surface area (Å²) >= 11 is 1.30. The minimum Gasteiger partial charge on any atom is -0.214 e. The second-order valence-corrected chi connectivity index (χ2v) is 6.31. The van der Waals surface area contributed by atoms with E-state index in [4.69, 9.17) is 0 Å². The molecule has 1 aromatic carbocycles. The van der Waals surface area contributed by atoms with Crippen LogP contribution in [0.4, 0.5) is 4.39 Å². The first kappa shape index (κ1) is 13.5. The lowest BCUT2D eigenvalue weighted by molar-refractivity contribution is 0.585. The molecular weight excluding hydrogens is 249 g/mol. The second kappa shape index (κ2) is 6.22. The van der Waals surface area contributed by atoms with E-state index in [1.165, 1.54) is 17.8 Å². The summed E-state index contributed by atoms with van der Waals surface area (Å²) in [5.41, 5.74) is 0. The van der Waals surface area contributed by atoms with Gasteiger partial charge in [-0.1, -0.05) is 12.1 Å². The van der Waals surface area contributed by atoms with E-state index >= 15 is 0 Å². The zero-order valence-electron chi connectivity index (χ0n) is 8.94. The van der Waals surface area contributed by atoms with Crippen molar-refractivity contribution in [2.75, 3.05) is 18.1 Å². The van der Waals surface area contributed by atoms with Crippen molar-refractivity contribution in [2.24, 2.45) is 0 Å². The maximum Gasteiger partial charge on any atom is 0.211 e. The standard InChI is InChI=1S/C10H14FNO2S2/c1-2-16(13,14)12-7-8-15-10-6-4-3-5-9(10)11/h3-6,12H,2,7-8H2,1H3. The SMILES string of the molecule is CCS(=O)(=O)NCCSc1ccccc1F. The molecule has 90 valence electrons. The molecule has 0 fully saturated rings. The maximum absolute atomic E-state index is 13.2. The van der Waals surface area contributed by atoms with E-state index < -0.39 is 10.0 Å². The van der Waals surface area contributed by atoms with Crippen LogP contribution in [-0.4, -0.2) is 26.5 Å². The molecule has 16 heavy (non-hydrogen) atoms. The van der Waals surface area contributed by atoms with Crippen LogP contribution in [0.3, 0.4) is 0 Å². The molecule has 0 spiro atoms. The monoisotopic (exact) mass is 263 g/mol. The minimum atomic E-state index is -3.14. The Bertz CT molecular complexity index is 434. The fourth-order valence-corrected chi connectivity index (χ4v) is 2.57. The van der Waals surface area contributed by atoms with E-state index in [9.17, 15) is 12.8 Å². The Hall–Kier alpha value is -0.590. The van der Waals surface area contributed by atoms with Crippen molar-refractivity contribution in [3.8, 4) is 0 Å². The van der Waals surface area contributed by atoms with E-state index in [1.54, 1.807) is 25.1 Å². The molecule has 0 heterocycles. The molecule has 0 aromatic heterocycles. The summed E-state index contributed by atoms with van der Waals surface area (Å²) in [6, 6.07) is 6.44. The fraction of sp³-hybridized carbons (Fsp3) is 0.400. The van der Waals surface area contributed by atoms with E-state index in [1.807, 2.05) is 0 Å². The normalized spacial score (nSPS) is 11.6. The summed E-state index contributed by atoms with van der Waals surface area (Å²) in [6.45, 7) is 1.89. The number of hydrogen-bond acceptors (Lipinski definition) is 3. The van der Waals surface area contributed by atoms with E-state index in [-0.39, 0.29) is 11.6 Å². The molecule has 1 rings (SSSR count). The van der Waals surface area contributed by atoms with Crippen LogP contribution in [0.25, 0.3) is 0 Å². The Balaban J connectivity index is 2.35. The average Bonchev–Trinajstić information content (AvgIpc) is 2.27. The maximum atomic E-state index is 13.2. The van der Waals surface area contributed by atoms with Gasteiger partial charge in [0.1, 0.15) is 5.82 Å². The summed E-state index contributed by atoms with van der Waals surface area (Å²) in [7, 11) is -3.14. The van der Waals surface area contributed by atoms with Crippen LogP contribution in [0.1, 0.15) is 6.92 Å². The summed E-state index contributed by atoms with van der Waals surface area (Å²) in [6.07, 6.45) is 0. The molecule has 6 heteroatoms. The van der Waals surface area contributed by atoms with Gasteiger partial charge in [-0.25, -0.2) is 17.5 Å². The number of nitrogens with one attached hydrogen (secondary N) is 1. The summed E-state index contributed by atoms with van der Waals surface area (Å²) < 4.78 is 37.8. The molecule has 0 saturated heterocycles. The van der Waals surface area contributed by atoms with Crippen molar-refractivity contribution in [3.05, 3.63) is 30.1 Å². The van der Waals surface area contributed by atoms with Gasteiger partial charge in [0, 0.05) is 17.2 Å². The number of sulfonamides is 1. The minimum absolute atomic E-state index is 0.0668. The highest BCUT2D eigenvalue weighted by Crippen LogP contribution is 2.20. The zero-order valence-corrected chi connectivity index (χ0v) is 10.6. The third-order valence-electron chi connectivity index (χ3n) is 1.90. The lowest BCUT2D eigenvalue weighted by Crippen LogP contribution is -2.27. The highest BCUT2D eigenvalue weighted by atomic mass is 32.2. The van der Waals surface area contributed by atoms with Gasteiger partial charge in [-0.2, -0.15) is 0 Å². The number of halogens is 1. The molecule has 0 aliphatic carbocycles. The van der Waals surface area contributed by atoms with Crippen molar-refractivity contribution in [3.63, 3.8) is 0 Å². The van der Waals surface area contributed by atoms with Crippen LogP contribution >= 0.6 is 11.8 Å². The van der Waals surface area contributed by atoms with Crippen molar-refractivity contribution >= 4 is 21.8 Å². The number of rotatable bonds is 6. The first-order valence-electron chi connectivity index (χ1n) is 4.90. The Morgan fingerprint density at radius 1 is 1.38 bits per heavy atom. The molecule has 0 atom stereocenters. The van der Waals surface area contributed by atoms with Crippen LogP contribution in [0, 0.1) is 5.82 Å². The van der Waals surface area contributed by atoms with Gasteiger partial charge >= 0.3 is 0 Å². The van der Waals surface area contributed by atoms with Gasteiger partial charge in [0.05, 0.1) is 5.75 Å². The molecule has 0 aliphatic heterocycles. The quantitative estimate of drug-likeness (QED) is 0.629. The average molecular weight is 263 g/mol. The lowest BCUT2D eigenvalue weighted by Gasteiger charge is -2.04. The van der Waals surface area contributed by atoms with Crippen LogP contribution in [0.5, 0.6) is 0 Å². The van der Waals surface area contributed by atoms with E-state index in [2.05, 4.69) is 4.72 Å². The van der Waals surface area contributed by atoms with Crippen LogP contribution in [0.15, 0.2) is 29.2 Å². The summed E-state index contributed by atoms with van der Waals surface area (Å²) in [5, 5.41) is 0. The Labute approximate surface area is 99.5 Å². The van der Waals surface area contributed by atoms with Crippen molar-refractivity contribution in [1.82, 2.24) is 4.72 Å². The van der Waals surface area contributed by atoms with Gasteiger partial charge in [-0.15, -0.1) is 11.8 Å². The highest BCUT2D eigenvalue weighted by molar-refractivity contribution is 7.99. The van der Waals surface area contributed by atoms with Crippen LogP contribution in [-0.2, 0) is 10.0 Å². The molecule has 0 saturated carbocycles. The lowest BCUT2D eigenvalue weighted by atomic mass is 10.3. The van der Waals surface area contributed by atoms with Crippen molar-refractivity contribution < 1.29 is 12.8 Å². The molecule has 0 bridgehead atoms. The predicted molar refractivity (Wildman–Crippen MR) is 64.6 cm³/mol. The van der Waals surface area contributed by atoms with E-state index in [0.29, 0.717) is 17.2 Å². The topological polar surface area (TPSA) is 46.2 Å². The molecular formula is C10H14FNO2S2. The molecule has 0 unspecified atom stereocenters. The van der Waals surface area contributed by atoms with Gasteiger partial charge in [0.15, 0.2) is 0 Å². The molecule has 1 aromatic rings. The van der Waals surface area contributed by atoms with Gasteiger partial charge in [-0.3, -0.25) is 0 Å². The van der Waals surface area contributed by atoms with E-state index in [0.717, 1.165) is 0 Å². The highest BCUT2D eigenvalue weighted by Gasteiger charge is 2.05. The largest absolute Gasteiger partial charge is 0.214 e. The Morgan fingerprint density at radius 2 is 2.06 bits per heavy atom. The third-order valence-corrected chi connectivity index (χ3v) is 4.35. The number of benzene rings is 1. The zero-order chi connectivity index (χ0) is 12.0. The van der Waals surface area contributed by atoms with Gasteiger partial charge in [0.25, 0.3) is 0 Å². The fourth-order valence-electron chi connectivity index (χ4n) is 1.02. The molecule has 0 amide bonds. The third kappa shape index (κ3) is 4.51. The Morgan fingerprint density at radius 3 is 2.69 bits per heavy atom. The smallest absolute Gasteiger partial charge is 0.211 e. The first-order valence-corrected chi connectivity index (χ1v) is 7.53. The first-order chi connectivity index (χ1) is 7.55. The molecule has 0 radical (unpaired) electrons. The molecule has 0 aliphatic rings. The molecule has 1 N–H and O–H groups in total.